The molecule has 0 fully saturated rings. The van der Waals surface area contributed by atoms with Crippen LogP contribution in [0.3, 0.4) is 0 Å². The number of carbonyl (C=O) groups excluding carboxylic acids is 1. The minimum absolute atomic E-state index is 0.353. The lowest BCUT2D eigenvalue weighted by Crippen LogP contribution is -2.02. The Kier molecular flexibility index (Phi) is 3.85. The van der Waals surface area contributed by atoms with Crippen molar-refractivity contribution in [3.63, 3.8) is 0 Å². The number of esters is 1. The number of oxime groups is 1. The number of benzene rings is 1. The number of carbonyl (C=O) groups is 1. The van der Waals surface area contributed by atoms with E-state index in [9.17, 15) is 4.79 Å². The van der Waals surface area contributed by atoms with Gasteiger partial charge in [-0.1, -0.05) is 17.3 Å². The third-order valence-electron chi connectivity index (χ3n) is 2.01. The molecule has 0 bridgehead atoms. The van der Waals surface area contributed by atoms with E-state index in [0.717, 1.165) is 5.56 Å². The maximum Gasteiger partial charge on any atom is 0.337 e. The lowest BCUT2D eigenvalue weighted by atomic mass is 10.1. The Hall–Kier alpha value is -1.84. The summed E-state index contributed by atoms with van der Waals surface area (Å²) < 4.78 is 4.58. The van der Waals surface area contributed by atoms with Crippen molar-refractivity contribution in [1.29, 1.82) is 0 Å². The normalized spacial score (nSPS) is 11.2. The number of methoxy groups -OCH3 is 1. The van der Waals surface area contributed by atoms with Gasteiger partial charge in [-0.3, -0.25) is 0 Å². The topological polar surface area (TPSA) is 58.9 Å². The molecule has 1 N–H and O–H groups in total. The second kappa shape index (κ2) is 5.14. The molecule has 4 nitrogen and oxygen atoms in total. The first-order valence-electron chi connectivity index (χ1n) is 4.52. The van der Waals surface area contributed by atoms with Gasteiger partial charge in [0.25, 0.3) is 0 Å². The van der Waals surface area contributed by atoms with Crippen LogP contribution < -0.4 is 0 Å². The van der Waals surface area contributed by atoms with Gasteiger partial charge in [-0.05, 0) is 24.6 Å². The molecule has 0 aliphatic carbocycles. The molecular formula is C11H13NO3. The summed E-state index contributed by atoms with van der Waals surface area (Å²) in [6.07, 6.45) is 0.567. The Morgan fingerprint density at radius 3 is 2.47 bits per heavy atom. The van der Waals surface area contributed by atoms with Gasteiger partial charge in [0.1, 0.15) is 0 Å². The second-order valence-corrected chi connectivity index (χ2v) is 3.20. The Balaban J connectivity index is 2.77. The first kappa shape index (κ1) is 11.2. The number of ether oxygens (including phenoxy) is 1. The first-order chi connectivity index (χ1) is 7.17. The van der Waals surface area contributed by atoms with E-state index in [1.54, 1.807) is 31.2 Å². The first-order valence-corrected chi connectivity index (χ1v) is 4.52. The quantitative estimate of drug-likeness (QED) is 0.356. The Bertz CT molecular complexity index is 368. The molecule has 1 aromatic carbocycles. The molecule has 0 aliphatic heterocycles. The van der Waals surface area contributed by atoms with Crippen LogP contribution in [0.4, 0.5) is 0 Å². The molecule has 0 amide bonds. The molecule has 80 valence electrons. The zero-order valence-electron chi connectivity index (χ0n) is 8.73. The van der Waals surface area contributed by atoms with Gasteiger partial charge in [-0.25, -0.2) is 4.79 Å². The van der Waals surface area contributed by atoms with Gasteiger partial charge in [0.05, 0.1) is 18.4 Å². The standard InChI is InChI=1S/C11H13NO3/c1-8(12-14)7-9-3-5-10(6-4-9)11(13)15-2/h3-6,14H,7H2,1-2H3. The summed E-state index contributed by atoms with van der Waals surface area (Å²) in [5.41, 5.74) is 2.12. The molecule has 0 radical (unpaired) electrons. The zero-order valence-corrected chi connectivity index (χ0v) is 8.73. The van der Waals surface area contributed by atoms with Gasteiger partial charge in [0.15, 0.2) is 0 Å². The Labute approximate surface area is 88.2 Å². The molecular weight excluding hydrogens is 194 g/mol. The average Bonchev–Trinajstić information content (AvgIpc) is 2.29. The van der Waals surface area contributed by atoms with Crippen LogP contribution in [-0.2, 0) is 11.2 Å². The molecule has 0 atom stereocenters. The van der Waals surface area contributed by atoms with Crippen LogP contribution in [0.5, 0.6) is 0 Å². The highest BCUT2D eigenvalue weighted by molar-refractivity contribution is 5.89. The zero-order chi connectivity index (χ0) is 11.3. The van der Waals surface area contributed by atoms with Gasteiger partial charge >= 0.3 is 5.97 Å². The predicted octanol–water partition coefficient (Wildman–Crippen LogP) is 1.87. The van der Waals surface area contributed by atoms with Gasteiger partial charge < -0.3 is 9.94 Å². The molecule has 0 aliphatic rings. The van der Waals surface area contributed by atoms with Crippen LogP contribution >= 0.6 is 0 Å². The fraction of sp³-hybridized carbons (Fsp3) is 0.273. The maximum atomic E-state index is 11.1. The Morgan fingerprint density at radius 2 is 2.00 bits per heavy atom. The number of hydrogen-bond donors (Lipinski definition) is 1. The molecule has 1 aromatic rings. The lowest BCUT2D eigenvalue weighted by Gasteiger charge is -2.01. The summed E-state index contributed by atoms with van der Waals surface area (Å²) in [7, 11) is 1.35. The van der Waals surface area contributed by atoms with Crippen LogP contribution in [0.15, 0.2) is 29.4 Å². The number of rotatable bonds is 3. The molecule has 0 saturated heterocycles. The highest BCUT2D eigenvalue weighted by Gasteiger charge is 2.04. The fourth-order valence-electron chi connectivity index (χ4n) is 1.21. The van der Waals surface area contributed by atoms with Crippen molar-refractivity contribution in [2.24, 2.45) is 5.16 Å². The monoisotopic (exact) mass is 207 g/mol. The third kappa shape index (κ3) is 3.09. The SMILES string of the molecule is COC(=O)c1ccc(CC(C)=NO)cc1. The van der Waals surface area contributed by atoms with Gasteiger partial charge in [-0.15, -0.1) is 0 Å². The van der Waals surface area contributed by atoms with Crippen molar-refractivity contribution < 1.29 is 14.7 Å². The minimum atomic E-state index is -0.353. The molecule has 0 heterocycles. The Morgan fingerprint density at radius 1 is 1.40 bits per heavy atom. The summed E-state index contributed by atoms with van der Waals surface area (Å²) in [5, 5.41) is 11.6. The summed E-state index contributed by atoms with van der Waals surface area (Å²) in [4.78, 5) is 11.1. The summed E-state index contributed by atoms with van der Waals surface area (Å²) in [6.45, 7) is 1.73. The largest absolute Gasteiger partial charge is 0.465 e. The van der Waals surface area contributed by atoms with E-state index in [0.29, 0.717) is 17.7 Å². The average molecular weight is 207 g/mol. The third-order valence-corrected chi connectivity index (χ3v) is 2.01. The lowest BCUT2D eigenvalue weighted by molar-refractivity contribution is 0.0600. The molecule has 1 rings (SSSR count). The highest BCUT2D eigenvalue weighted by atomic mass is 16.5. The van der Waals surface area contributed by atoms with Crippen molar-refractivity contribution in [3.05, 3.63) is 35.4 Å². The van der Waals surface area contributed by atoms with Crippen LogP contribution in [0.1, 0.15) is 22.8 Å². The molecule has 0 unspecified atom stereocenters. The fourth-order valence-corrected chi connectivity index (χ4v) is 1.21. The van der Waals surface area contributed by atoms with Gasteiger partial charge in [0, 0.05) is 6.42 Å². The van der Waals surface area contributed by atoms with E-state index >= 15 is 0 Å². The smallest absolute Gasteiger partial charge is 0.337 e. The van der Waals surface area contributed by atoms with E-state index in [-0.39, 0.29) is 5.97 Å². The van der Waals surface area contributed by atoms with Gasteiger partial charge in [-0.2, -0.15) is 0 Å². The van der Waals surface area contributed by atoms with Crippen molar-refractivity contribution >= 4 is 11.7 Å². The molecule has 0 saturated carbocycles. The van der Waals surface area contributed by atoms with E-state index in [4.69, 9.17) is 5.21 Å². The van der Waals surface area contributed by atoms with E-state index < -0.39 is 0 Å². The second-order valence-electron chi connectivity index (χ2n) is 3.20. The van der Waals surface area contributed by atoms with Crippen molar-refractivity contribution in [2.45, 2.75) is 13.3 Å². The summed E-state index contributed by atoms with van der Waals surface area (Å²) >= 11 is 0. The van der Waals surface area contributed by atoms with E-state index in [2.05, 4.69) is 9.89 Å². The van der Waals surface area contributed by atoms with Crippen LogP contribution in [-0.4, -0.2) is 24.0 Å². The maximum absolute atomic E-state index is 11.1. The van der Waals surface area contributed by atoms with Crippen molar-refractivity contribution in [2.75, 3.05) is 7.11 Å². The minimum Gasteiger partial charge on any atom is -0.465 e. The molecule has 0 aromatic heterocycles. The van der Waals surface area contributed by atoms with Crippen LogP contribution in [0.25, 0.3) is 0 Å². The highest BCUT2D eigenvalue weighted by Crippen LogP contribution is 2.06. The number of hydrogen-bond acceptors (Lipinski definition) is 4. The predicted molar refractivity (Wildman–Crippen MR) is 56.4 cm³/mol. The van der Waals surface area contributed by atoms with E-state index in [1.807, 2.05) is 0 Å². The number of nitrogens with zero attached hydrogens (tertiary/aromatic N) is 1. The van der Waals surface area contributed by atoms with E-state index in [1.165, 1.54) is 7.11 Å². The molecule has 0 spiro atoms. The molecule has 15 heavy (non-hydrogen) atoms. The van der Waals surface area contributed by atoms with Crippen LogP contribution in [0, 0.1) is 0 Å². The van der Waals surface area contributed by atoms with Crippen molar-refractivity contribution in [3.8, 4) is 0 Å². The summed E-state index contributed by atoms with van der Waals surface area (Å²) in [5.74, 6) is -0.353. The van der Waals surface area contributed by atoms with Crippen LogP contribution in [0.2, 0.25) is 0 Å². The van der Waals surface area contributed by atoms with Gasteiger partial charge in [0.2, 0.25) is 0 Å². The summed E-state index contributed by atoms with van der Waals surface area (Å²) in [6, 6.07) is 6.99. The molecule has 4 heteroatoms. The van der Waals surface area contributed by atoms with Crippen molar-refractivity contribution in [1.82, 2.24) is 0 Å².